The highest BCUT2D eigenvalue weighted by Gasteiger charge is 2.34. The number of aromatic nitrogens is 3. The van der Waals surface area contributed by atoms with E-state index in [1.54, 1.807) is 16.7 Å². The van der Waals surface area contributed by atoms with E-state index in [-0.39, 0.29) is 12.0 Å². The van der Waals surface area contributed by atoms with Gasteiger partial charge < -0.3 is 9.47 Å². The Labute approximate surface area is 198 Å². The Balaban J connectivity index is 1.79. The number of carbonyl (C=O) groups is 1. The van der Waals surface area contributed by atoms with Crippen LogP contribution in [0.3, 0.4) is 0 Å². The second-order valence-electron chi connectivity index (χ2n) is 8.06. The van der Waals surface area contributed by atoms with Crippen molar-refractivity contribution < 1.29 is 14.3 Å². The van der Waals surface area contributed by atoms with Crippen LogP contribution in [0.25, 0.3) is 11.3 Å². The number of para-hydroxylation sites is 1. The average molecular weight is 465 g/mol. The monoisotopic (exact) mass is 464 g/mol. The van der Waals surface area contributed by atoms with E-state index in [0.29, 0.717) is 22.4 Å². The fraction of sp³-hybridized carbons (Fsp3) is 0.360. The van der Waals surface area contributed by atoms with Gasteiger partial charge in [-0.15, -0.1) is 10.2 Å². The van der Waals surface area contributed by atoms with Crippen LogP contribution in [0.2, 0.25) is 0 Å². The van der Waals surface area contributed by atoms with Crippen molar-refractivity contribution in [3.63, 3.8) is 0 Å². The Morgan fingerprint density at radius 1 is 1.15 bits per heavy atom. The largest absolute Gasteiger partial charge is 0.491 e. The van der Waals surface area contributed by atoms with Gasteiger partial charge in [0, 0.05) is 23.8 Å². The van der Waals surface area contributed by atoms with Gasteiger partial charge in [0.25, 0.3) is 0 Å². The molecule has 0 saturated heterocycles. The summed E-state index contributed by atoms with van der Waals surface area (Å²) in [5.74, 6) is 1.89. The van der Waals surface area contributed by atoms with E-state index in [2.05, 4.69) is 22.1 Å². The predicted molar refractivity (Wildman–Crippen MR) is 130 cm³/mol. The van der Waals surface area contributed by atoms with E-state index in [4.69, 9.17) is 9.47 Å². The minimum atomic E-state index is -0.705. The normalized spacial score (nSPS) is 14.8. The number of amides is 1. The predicted octanol–water partition coefficient (Wildman–Crippen LogP) is 5.66. The number of anilines is 1. The number of thioether (sulfide) groups is 1. The SMILES string of the molecule is CCCCSc1nnc2c(n1)O[C@H](c1ccc(OC(C)C)cc1)N(C(C)=O)c1ccccc1-2. The molecule has 7 nitrogen and oxygen atoms in total. The Bertz CT molecular complexity index is 1120. The third kappa shape index (κ3) is 5.11. The molecular weight excluding hydrogens is 436 g/mol. The van der Waals surface area contributed by atoms with Crippen LogP contribution in [-0.4, -0.2) is 32.9 Å². The zero-order valence-electron chi connectivity index (χ0n) is 19.3. The molecule has 0 aliphatic carbocycles. The van der Waals surface area contributed by atoms with Crippen LogP contribution in [0.4, 0.5) is 5.69 Å². The molecule has 0 radical (unpaired) electrons. The molecule has 33 heavy (non-hydrogen) atoms. The summed E-state index contributed by atoms with van der Waals surface area (Å²) in [7, 11) is 0. The van der Waals surface area contributed by atoms with Crippen molar-refractivity contribution in [3.05, 3.63) is 54.1 Å². The van der Waals surface area contributed by atoms with Crippen LogP contribution in [0.1, 0.15) is 52.3 Å². The van der Waals surface area contributed by atoms with Crippen LogP contribution in [0, 0.1) is 0 Å². The first kappa shape index (κ1) is 23.0. The third-order valence-electron chi connectivity index (χ3n) is 5.12. The molecule has 2 aromatic carbocycles. The number of benzene rings is 2. The van der Waals surface area contributed by atoms with Crippen molar-refractivity contribution in [2.45, 2.75) is 58.0 Å². The highest BCUT2D eigenvalue weighted by Crippen LogP contribution is 2.43. The molecule has 4 rings (SSSR count). The minimum Gasteiger partial charge on any atom is -0.491 e. The first-order valence-electron chi connectivity index (χ1n) is 11.2. The summed E-state index contributed by atoms with van der Waals surface area (Å²) in [5.41, 5.74) is 2.80. The first-order valence-corrected chi connectivity index (χ1v) is 12.2. The molecular formula is C25H28N4O3S. The van der Waals surface area contributed by atoms with E-state index < -0.39 is 6.23 Å². The molecule has 1 amide bonds. The summed E-state index contributed by atoms with van der Waals surface area (Å²) in [4.78, 5) is 19.2. The summed E-state index contributed by atoms with van der Waals surface area (Å²) in [5, 5.41) is 9.33. The van der Waals surface area contributed by atoms with E-state index in [9.17, 15) is 4.79 Å². The summed E-state index contributed by atoms with van der Waals surface area (Å²) in [6.07, 6.45) is 1.54. The highest BCUT2D eigenvalue weighted by atomic mass is 32.2. The molecule has 172 valence electrons. The summed E-state index contributed by atoms with van der Waals surface area (Å²) in [6, 6.07) is 15.2. The molecule has 0 bridgehead atoms. The van der Waals surface area contributed by atoms with Gasteiger partial charge in [0.2, 0.25) is 23.2 Å². The van der Waals surface area contributed by atoms with Crippen LogP contribution in [0.5, 0.6) is 11.6 Å². The van der Waals surface area contributed by atoms with Gasteiger partial charge in [-0.2, -0.15) is 4.98 Å². The molecule has 1 atom stereocenters. The van der Waals surface area contributed by atoms with E-state index in [1.165, 1.54) is 6.92 Å². The molecule has 0 N–H and O–H groups in total. The second kappa shape index (κ2) is 10.2. The van der Waals surface area contributed by atoms with E-state index in [1.807, 2.05) is 62.4 Å². The molecule has 3 aromatic rings. The van der Waals surface area contributed by atoms with Gasteiger partial charge in [-0.1, -0.05) is 43.3 Å². The van der Waals surface area contributed by atoms with Gasteiger partial charge in [0.05, 0.1) is 11.8 Å². The van der Waals surface area contributed by atoms with Gasteiger partial charge in [-0.05, 0) is 50.6 Å². The van der Waals surface area contributed by atoms with Crippen molar-refractivity contribution >= 4 is 23.4 Å². The maximum Gasteiger partial charge on any atom is 0.247 e. The lowest BCUT2D eigenvalue weighted by molar-refractivity contribution is -0.118. The fourth-order valence-electron chi connectivity index (χ4n) is 3.62. The zero-order valence-corrected chi connectivity index (χ0v) is 20.1. The van der Waals surface area contributed by atoms with Crippen molar-refractivity contribution in [2.24, 2.45) is 0 Å². The average Bonchev–Trinajstić information content (AvgIpc) is 2.94. The quantitative estimate of drug-likeness (QED) is 0.330. The van der Waals surface area contributed by atoms with Crippen molar-refractivity contribution in [1.82, 2.24) is 15.2 Å². The van der Waals surface area contributed by atoms with E-state index >= 15 is 0 Å². The molecule has 1 aliphatic rings. The van der Waals surface area contributed by atoms with Gasteiger partial charge >= 0.3 is 0 Å². The van der Waals surface area contributed by atoms with Crippen molar-refractivity contribution in [3.8, 4) is 22.9 Å². The fourth-order valence-corrected chi connectivity index (χ4v) is 4.48. The number of hydrogen-bond donors (Lipinski definition) is 0. The van der Waals surface area contributed by atoms with Gasteiger partial charge in [0.15, 0.2) is 5.69 Å². The van der Waals surface area contributed by atoms with Gasteiger partial charge in [-0.3, -0.25) is 9.69 Å². The number of fused-ring (bicyclic) bond motifs is 3. The van der Waals surface area contributed by atoms with Gasteiger partial charge in [-0.25, -0.2) is 0 Å². The summed E-state index contributed by atoms with van der Waals surface area (Å²) < 4.78 is 12.2. The molecule has 1 aliphatic heterocycles. The van der Waals surface area contributed by atoms with Crippen LogP contribution >= 0.6 is 11.8 Å². The molecule has 0 saturated carbocycles. The van der Waals surface area contributed by atoms with Crippen molar-refractivity contribution in [2.75, 3.05) is 10.7 Å². The first-order chi connectivity index (χ1) is 16.0. The van der Waals surface area contributed by atoms with Crippen LogP contribution < -0.4 is 14.4 Å². The van der Waals surface area contributed by atoms with Crippen molar-refractivity contribution in [1.29, 1.82) is 0 Å². The number of rotatable bonds is 7. The molecule has 1 aromatic heterocycles. The highest BCUT2D eigenvalue weighted by molar-refractivity contribution is 7.99. The van der Waals surface area contributed by atoms with Crippen LogP contribution in [-0.2, 0) is 4.79 Å². The summed E-state index contributed by atoms with van der Waals surface area (Å²) >= 11 is 1.56. The standard InChI is InChI=1S/C25H28N4O3S/c1-5-6-15-33-25-26-23-22(27-28-25)20-9-7-8-10-21(20)29(17(4)30)24(32-23)18-11-13-19(14-12-18)31-16(2)3/h7-14,16,24H,5-6,15H2,1-4H3/t24-/m1/s1. The lowest BCUT2D eigenvalue weighted by atomic mass is 10.1. The zero-order chi connectivity index (χ0) is 23.4. The molecule has 0 spiro atoms. The number of carbonyl (C=O) groups excluding carboxylic acids is 1. The molecule has 0 unspecified atom stereocenters. The smallest absolute Gasteiger partial charge is 0.247 e. The molecule has 8 heteroatoms. The number of nitrogens with zero attached hydrogens (tertiary/aromatic N) is 4. The number of unbranched alkanes of at least 4 members (excludes halogenated alkanes) is 1. The Hall–Kier alpha value is -3.13. The minimum absolute atomic E-state index is 0.0730. The number of ether oxygens (including phenoxy) is 2. The topological polar surface area (TPSA) is 77.4 Å². The Kier molecular flexibility index (Phi) is 7.13. The molecule has 2 heterocycles. The van der Waals surface area contributed by atoms with Crippen LogP contribution in [0.15, 0.2) is 53.7 Å². The lowest BCUT2D eigenvalue weighted by Crippen LogP contribution is -2.36. The third-order valence-corrected chi connectivity index (χ3v) is 6.04. The number of hydrogen-bond acceptors (Lipinski definition) is 7. The Morgan fingerprint density at radius 2 is 1.91 bits per heavy atom. The lowest BCUT2D eigenvalue weighted by Gasteiger charge is -2.30. The second-order valence-corrected chi connectivity index (χ2v) is 9.12. The molecule has 0 fully saturated rings. The van der Waals surface area contributed by atoms with Gasteiger partial charge in [0.1, 0.15) is 5.75 Å². The summed E-state index contributed by atoms with van der Waals surface area (Å²) in [6.45, 7) is 7.65. The maximum atomic E-state index is 12.9. The van der Waals surface area contributed by atoms with E-state index in [0.717, 1.165) is 35.5 Å². The Morgan fingerprint density at radius 3 is 2.61 bits per heavy atom. The maximum absolute atomic E-state index is 12.9.